The summed E-state index contributed by atoms with van der Waals surface area (Å²) in [6, 6.07) is 70.5. The highest BCUT2D eigenvalue weighted by molar-refractivity contribution is 6.22. The van der Waals surface area contributed by atoms with Crippen LogP contribution >= 0.6 is 0 Å². The average molecular weight is 779 g/mol. The van der Waals surface area contributed by atoms with Gasteiger partial charge < -0.3 is 4.57 Å². The Morgan fingerprint density at radius 1 is 0.377 bits per heavy atom. The van der Waals surface area contributed by atoms with Crippen molar-refractivity contribution in [3.63, 3.8) is 0 Å². The summed E-state index contributed by atoms with van der Waals surface area (Å²) in [5.74, 6) is 0.663. The predicted molar refractivity (Wildman–Crippen MR) is 254 cm³/mol. The molecule has 12 aromatic rings. The first-order chi connectivity index (χ1) is 30.0. The van der Waals surface area contributed by atoms with Crippen LogP contribution in [0.15, 0.2) is 194 Å². The van der Waals surface area contributed by atoms with E-state index in [1.165, 1.54) is 71.3 Å². The van der Waals surface area contributed by atoms with Crippen molar-refractivity contribution in [1.82, 2.24) is 19.1 Å². The quantitative estimate of drug-likeness (QED) is 0.178. The van der Waals surface area contributed by atoms with E-state index < -0.39 is 0 Å². The van der Waals surface area contributed by atoms with Gasteiger partial charge in [0.15, 0.2) is 0 Å². The molecule has 3 heterocycles. The van der Waals surface area contributed by atoms with E-state index in [-0.39, 0.29) is 5.41 Å². The number of para-hydroxylation sites is 4. The maximum Gasteiger partial charge on any atom is 0.235 e. The number of rotatable bonds is 4. The molecule has 0 aliphatic heterocycles. The van der Waals surface area contributed by atoms with Gasteiger partial charge in [0.2, 0.25) is 5.95 Å². The molecule has 0 N–H and O–H groups in total. The molecule has 3 aromatic heterocycles. The lowest BCUT2D eigenvalue weighted by Crippen LogP contribution is -2.15. The van der Waals surface area contributed by atoms with Gasteiger partial charge in [0.1, 0.15) is 0 Å². The minimum absolute atomic E-state index is 0.124. The zero-order chi connectivity index (χ0) is 40.4. The van der Waals surface area contributed by atoms with Gasteiger partial charge in [-0.1, -0.05) is 153 Å². The fourth-order valence-electron chi connectivity index (χ4n) is 10.5. The molecule has 9 aromatic carbocycles. The molecule has 0 bridgehead atoms. The molecule has 0 spiro atoms. The summed E-state index contributed by atoms with van der Waals surface area (Å²) < 4.78 is 4.68. The largest absolute Gasteiger partial charge is 0.309 e. The molecule has 4 heteroatoms. The monoisotopic (exact) mass is 778 g/mol. The van der Waals surface area contributed by atoms with Crippen LogP contribution in [0.1, 0.15) is 25.0 Å². The summed E-state index contributed by atoms with van der Waals surface area (Å²) in [6.45, 7) is 4.67. The second-order valence-electron chi connectivity index (χ2n) is 17.0. The van der Waals surface area contributed by atoms with E-state index in [4.69, 9.17) is 9.97 Å². The van der Waals surface area contributed by atoms with Crippen LogP contribution in [0, 0.1) is 0 Å². The molecule has 0 fully saturated rings. The minimum atomic E-state index is -0.124. The highest BCUT2D eigenvalue weighted by atomic mass is 15.2. The van der Waals surface area contributed by atoms with Gasteiger partial charge in [-0.25, -0.2) is 9.97 Å². The summed E-state index contributed by atoms with van der Waals surface area (Å²) >= 11 is 0. The van der Waals surface area contributed by atoms with Crippen molar-refractivity contribution < 1.29 is 0 Å². The molecule has 0 saturated carbocycles. The maximum atomic E-state index is 5.56. The molecule has 13 rings (SSSR count). The van der Waals surface area contributed by atoms with Crippen LogP contribution in [-0.4, -0.2) is 19.1 Å². The van der Waals surface area contributed by atoms with Crippen molar-refractivity contribution in [3.05, 3.63) is 205 Å². The third-order valence-corrected chi connectivity index (χ3v) is 13.3. The first kappa shape index (κ1) is 34.1. The van der Waals surface area contributed by atoms with Crippen molar-refractivity contribution in [3.8, 4) is 45.1 Å². The molecule has 1 aliphatic carbocycles. The lowest BCUT2D eigenvalue weighted by molar-refractivity contribution is 0.660. The molecule has 0 unspecified atom stereocenters. The van der Waals surface area contributed by atoms with Crippen molar-refractivity contribution in [2.45, 2.75) is 19.3 Å². The lowest BCUT2D eigenvalue weighted by Gasteiger charge is -2.22. The zero-order valence-corrected chi connectivity index (χ0v) is 33.8. The van der Waals surface area contributed by atoms with E-state index in [0.29, 0.717) is 5.95 Å². The Morgan fingerprint density at radius 3 is 1.80 bits per heavy atom. The van der Waals surface area contributed by atoms with E-state index >= 15 is 0 Å². The highest BCUT2D eigenvalue weighted by Crippen LogP contribution is 2.50. The molecule has 0 saturated heterocycles. The zero-order valence-electron chi connectivity index (χ0n) is 33.8. The Bertz CT molecular complexity index is 3790. The SMILES string of the molecule is CC1(C)c2ccccc2-c2ccc(-c3nc(-n4c5ccccc5c5cc(-c6ccc7c(c6)c6ccccc6n7-c6ccccc6)c6ccccc6c54)nc4ccccc34)cc21. The summed E-state index contributed by atoms with van der Waals surface area (Å²) in [4.78, 5) is 10.9. The molecule has 61 heavy (non-hydrogen) atoms. The van der Waals surface area contributed by atoms with E-state index in [1.54, 1.807) is 0 Å². The molecule has 286 valence electrons. The summed E-state index contributed by atoms with van der Waals surface area (Å²) in [5, 5.41) is 8.20. The second kappa shape index (κ2) is 12.6. The molecular formula is C57H38N4. The Hall–Kier alpha value is -7.82. The van der Waals surface area contributed by atoms with Crippen LogP contribution in [0.2, 0.25) is 0 Å². The number of fused-ring (bicyclic) bond motifs is 12. The van der Waals surface area contributed by atoms with Gasteiger partial charge in [-0.3, -0.25) is 4.57 Å². The molecule has 0 radical (unpaired) electrons. The van der Waals surface area contributed by atoms with Crippen LogP contribution in [0.25, 0.3) is 110 Å². The summed E-state index contributed by atoms with van der Waals surface area (Å²) in [5.41, 5.74) is 16.3. The Morgan fingerprint density at radius 2 is 0.984 bits per heavy atom. The Kier molecular flexibility index (Phi) is 7.04. The first-order valence-corrected chi connectivity index (χ1v) is 21.1. The lowest BCUT2D eigenvalue weighted by atomic mass is 9.82. The van der Waals surface area contributed by atoms with Gasteiger partial charge >= 0.3 is 0 Å². The van der Waals surface area contributed by atoms with Crippen LogP contribution < -0.4 is 0 Å². The van der Waals surface area contributed by atoms with Crippen molar-refractivity contribution in [1.29, 1.82) is 0 Å². The molecule has 4 nitrogen and oxygen atoms in total. The highest BCUT2D eigenvalue weighted by Gasteiger charge is 2.35. The summed E-state index contributed by atoms with van der Waals surface area (Å²) in [7, 11) is 0. The molecule has 0 atom stereocenters. The van der Waals surface area contributed by atoms with Crippen molar-refractivity contribution in [2.75, 3.05) is 0 Å². The predicted octanol–water partition coefficient (Wildman–Crippen LogP) is 14.6. The topological polar surface area (TPSA) is 35.6 Å². The number of aromatic nitrogens is 4. The van der Waals surface area contributed by atoms with Crippen molar-refractivity contribution in [2.24, 2.45) is 0 Å². The van der Waals surface area contributed by atoms with Gasteiger partial charge in [-0.15, -0.1) is 0 Å². The molecule has 1 aliphatic rings. The average Bonchev–Trinajstić information content (AvgIpc) is 3.91. The normalized spacial score (nSPS) is 13.2. The van der Waals surface area contributed by atoms with E-state index in [0.717, 1.165) is 44.3 Å². The van der Waals surface area contributed by atoms with Crippen LogP contribution in [-0.2, 0) is 5.41 Å². The first-order valence-electron chi connectivity index (χ1n) is 21.1. The molecular weight excluding hydrogens is 741 g/mol. The number of benzene rings is 9. The van der Waals surface area contributed by atoms with Crippen LogP contribution in [0.3, 0.4) is 0 Å². The smallest absolute Gasteiger partial charge is 0.235 e. The van der Waals surface area contributed by atoms with Gasteiger partial charge in [0.05, 0.1) is 33.3 Å². The number of nitrogens with zero attached hydrogens (tertiary/aromatic N) is 4. The Balaban J connectivity index is 1.05. The summed E-state index contributed by atoms with van der Waals surface area (Å²) in [6.07, 6.45) is 0. The number of hydrogen-bond acceptors (Lipinski definition) is 2. The van der Waals surface area contributed by atoms with E-state index in [9.17, 15) is 0 Å². The standard InChI is InChI=1S/C57H38N4/c1-57(2)48-24-12-8-19-39(48)40-30-28-36(33-49(40)57)54-44-23-9-13-25-50(44)58-56(59-54)61-52-27-15-11-21-42(52)47-34-45(38-18-6-7-22-43(38)55(47)61)35-29-31-53-46(32-35)41-20-10-14-26-51(41)60(53)37-16-4-3-5-17-37/h3-34H,1-2H3. The van der Waals surface area contributed by atoms with Crippen molar-refractivity contribution >= 4 is 65.3 Å². The second-order valence-corrected chi connectivity index (χ2v) is 17.0. The van der Waals surface area contributed by atoms with E-state index in [1.807, 2.05) is 0 Å². The third kappa shape index (κ3) is 4.82. The number of hydrogen-bond donors (Lipinski definition) is 0. The van der Waals surface area contributed by atoms with Gasteiger partial charge in [-0.05, 0) is 93.4 Å². The van der Waals surface area contributed by atoms with Crippen LogP contribution in [0.5, 0.6) is 0 Å². The fraction of sp³-hybridized carbons (Fsp3) is 0.0526. The van der Waals surface area contributed by atoms with E-state index in [2.05, 4.69) is 217 Å². The third-order valence-electron chi connectivity index (χ3n) is 13.3. The van der Waals surface area contributed by atoms with Gasteiger partial charge in [0, 0.05) is 49.0 Å². The fourth-order valence-corrected chi connectivity index (χ4v) is 10.5. The minimum Gasteiger partial charge on any atom is -0.309 e. The maximum absolute atomic E-state index is 5.56. The van der Waals surface area contributed by atoms with Crippen LogP contribution in [0.4, 0.5) is 0 Å². The van der Waals surface area contributed by atoms with Gasteiger partial charge in [0.25, 0.3) is 0 Å². The van der Waals surface area contributed by atoms with Gasteiger partial charge in [-0.2, -0.15) is 0 Å². The Labute approximate surface area is 352 Å². The molecule has 0 amide bonds.